The average molecular weight is 343 g/mol. The van der Waals surface area contributed by atoms with Crippen molar-refractivity contribution < 1.29 is 4.79 Å². The second-order valence-corrected chi connectivity index (χ2v) is 6.29. The van der Waals surface area contributed by atoms with Gasteiger partial charge in [0.05, 0.1) is 5.71 Å². The topological polar surface area (TPSA) is 79.0 Å². The Kier molecular flexibility index (Phi) is 4.85. The van der Waals surface area contributed by atoms with Gasteiger partial charge in [0, 0.05) is 18.3 Å². The van der Waals surface area contributed by atoms with Gasteiger partial charge in [-0.2, -0.15) is 0 Å². The second kappa shape index (κ2) is 7.23. The number of anilines is 2. The van der Waals surface area contributed by atoms with E-state index in [-0.39, 0.29) is 5.91 Å². The zero-order chi connectivity index (χ0) is 18.7. The lowest BCUT2D eigenvalue weighted by Crippen LogP contribution is -2.05. The molecule has 0 radical (unpaired) electrons. The van der Waals surface area contributed by atoms with Crippen molar-refractivity contribution >= 4 is 28.6 Å². The van der Waals surface area contributed by atoms with Gasteiger partial charge in [0.2, 0.25) is 5.91 Å². The molecule has 4 nitrogen and oxygen atoms in total. The number of amides is 1. The molecule has 4 heteroatoms. The number of carbonyl (C=O) groups is 1. The molecule has 2 aromatic carbocycles. The van der Waals surface area contributed by atoms with Crippen LogP contribution in [0.15, 0.2) is 77.9 Å². The van der Waals surface area contributed by atoms with Crippen LogP contribution in [0.4, 0.5) is 11.4 Å². The molecule has 0 spiro atoms. The van der Waals surface area contributed by atoms with Crippen LogP contribution in [-0.2, 0) is 4.79 Å². The maximum atomic E-state index is 11.2. The molecule has 4 N–H and O–H groups in total. The molecule has 0 aliphatic heterocycles. The third-order valence-electron chi connectivity index (χ3n) is 4.21. The number of carbonyl (C=O) groups excluding carboxylic acids is 1. The summed E-state index contributed by atoms with van der Waals surface area (Å²) in [5.41, 5.74) is 12.9. The summed E-state index contributed by atoms with van der Waals surface area (Å²) in [5, 5.41) is 10.7. The summed E-state index contributed by atoms with van der Waals surface area (Å²) in [6.45, 7) is 3.43. The molecule has 0 saturated carbocycles. The quantitative estimate of drug-likeness (QED) is 0.714. The van der Waals surface area contributed by atoms with Gasteiger partial charge < -0.3 is 16.5 Å². The highest BCUT2D eigenvalue weighted by molar-refractivity contribution is 6.08. The van der Waals surface area contributed by atoms with Crippen LogP contribution in [0.1, 0.15) is 25.0 Å². The minimum atomic E-state index is -0.0952. The van der Waals surface area contributed by atoms with Crippen LogP contribution in [0.25, 0.3) is 5.57 Å². The SMILES string of the molecule is CC(=O)Nc1ccc(/C(=C2\C=CC(=N)C(C)=C2)c2ccc(N)cc2)cc1. The van der Waals surface area contributed by atoms with E-state index in [0.717, 1.165) is 33.5 Å². The summed E-state index contributed by atoms with van der Waals surface area (Å²) in [5.74, 6) is -0.0952. The second-order valence-electron chi connectivity index (χ2n) is 6.29. The largest absolute Gasteiger partial charge is 0.399 e. The Morgan fingerprint density at radius 3 is 2.08 bits per heavy atom. The maximum Gasteiger partial charge on any atom is 0.221 e. The number of rotatable bonds is 3. The fourth-order valence-corrected chi connectivity index (χ4v) is 2.89. The summed E-state index contributed by atoms with van der Waals surface area (Å²) < 4.78 is 0. The van der Waals surface area contributed by atoms with E-state index in [2.05, 4.69) is 5.32 Å². The average Bonchev–Trinajstić information content (AvgIpc) is 2.61. The number of nitrogen functional groups attached to an aromatic ring is 1. The van der Waals surface area contributed by atoms with E-state index >= 15 is 0 Å². The van der Waals surface area contributed by atoms with Crippen LogP contribution in [-0.4, -0.2) is 11.6 Å². The first kappa shape index (κ1) is 17.4. The number of benzene rings is 2. The molecule has 1 aliphatic rings. The Balaban J connectivity index is 2.13. The van der Waals surface area contributed by atoms with Crippen LogP contribution < -0.4 is 11.1 Å². The normalized spacial score (nSPS) is 15.5. The lowest BCUT2D eigenvalue weighted by molar-refractivity contribution is -0.114. The molecule has 0 bridgehead atoms. The van der Waals surface area contributed by atoms with Gasteiger partial charge in [-0.1, -0.05) is 30.3 Å². The minimum absolute atomic E-state index is 0.0952. The van der Waals surface area contributed by atoms with Gasteiger partial charge in [0.1, 0.15) is 0 Å². The van der Waals surface area contributed by atoms with Crippen molar-refractivity contribution in [1.29, 1.82) is 5.41 Å². The van der Waals surface area contributed by atoms with Gasteiger partial charge in [-0.05, 0) is 71.2 Å². The van der Waals surface area contributed by atoms with Crippen molar-refractivity contribution in [2.75, 3.05) is 11.1 Å². The zero-order valence-corrected chi connectivity index (χ0v) is 14.8. The van der Waals surface area contributed by atoms with Gasteiger partial charge >= 0.3 is 0 Å². The molecule has 0 saturated heterocycles. The Labute approximate surface area is 153 Å². The lowest BCUT2D eigenvalue weighted by Gasteiger charge is -2.16. The number of hydrogen-bond donors (Lipinski definition) is 3. The molecule has 3 rings (SSSR count). The lowest BCUT2D eigenvalue weighted by atomic mass is 9.89. The molecule has 1 aliphatic carbocycles. The summed E-state index contributed by atoms with van der Waals surface area (Å²) >= 11 is 0. The van der Waals surface area contributed by atoms with E-state index < -0.39 is 0 Å². The van der Waals surface area contributed by atoms with Gasteiger partial charge in [-0.25, -0.2) is 0 Å². The molecule has 130 valence electrons. The van der Waals surface area contributed by atoms with Gasteiger partial charge in [-0.15, -0.1) is 0 Å². The first-order valence-electron chi connectivity index (χ1n) is 8.37. The highest BCUT2D eigenvalue weighted by Gasteiger charge is 2.13. The monoisotopic (exact) mass is 343 g/mol. The molecule has 2 aromatic rings. The van der Waals surface area contributed by atoms with Gasteiger partial charge in [0.25, 0.3) is 0 Å². The van der Waals surface area contributed by atoms with E-state index in [1.165, 1.54) is 6.92 Å². The summed E-state index contributed by atoms with van der Waals surface area (Å²) in [6.07, 6.45) is 5.80. The first-order valence-corrected chi connectivity index (χ1v) is 8.37. The van der Waals surface area contributed by atoms with Crippen molar-refractivity contribution in [2.45, 2.75) is 13.8 Å². The fraction of sp³-hybridized carbons (Fsp3) is 0.0909. The van der Waals surface area contributed by atoms with Crippen LogP contribution >= 0.6 is 0 Å². The van der Waals surface area contributed by atoms with Crippen LogP contribution in [0.5, 0.6) is 0 Å². The van der Waals surface area contributed by atoms with Crippen molar-refractivity contribution in [3.05, 3.63) is 89.0 Å². The molecule has 0 fully saturated rings. The summed E-state index contributed by atoms with van der Waals surface area (Å²) in [7, 11) is 0. The Hall–Kier alpha value is -3.40. The molecule has 0 unspecified atom stereocenters. The van der Waals surface area contributed by atoms with Crippen LogP contribution in [0, 0.1) is 5.41 Å². The molecular weight excluding hydrogens is 322 g/mol. The molecule has 0 heterocycles. The summed E-state index contributed by atoms with van der Waals surface area (Å²) in [6, 6.07) is 15.5. The maximum absolute atomic E-state index is 11.2. The molecule has 26 heavy (non-hydrogen) atoms. The molecule has 0 aromatic heterocycles. The highest BCUT2D eigenvalue weighted by Crippen LogP contribution is 2.31. The van der Waals surface area contributed by atoms with E-state index in [0.29, 0.717) is 11.4 Å². The number of allylic oxidation sites excluding steroid dienone is 5. The third kappa shape index (κ3) is 3.81. The number of hydrogen-bond acceptors (Lipinski definition) is 3. The van der Waals surface area contributed by atoms with Gasteiger partial charge in [0.15, 0.2) is 0 Å². The van der Waals surface area contributed by atoms with Gasteiger partial charge in [-0.3, -0.25) is 4.79 Å². The Morgan fingerprint density at radius 1 is 0.962 bits per heavy atom. The highest BCUT2D eigenvalue weighted by atomic mass is 16.1. The van der Waals surface area contributed by atoms with Crippen LogP contribution in [0.3, 0.4) is 0 Å². The fourth-order valence-electron chi connectivity index (χ4n) is 2.89. The van der Waals surface area contributed by atoms with Crippen molar-refractivity contribution in [3.63, 3.8) is 0 Å². The predicted octanol–water partition coefficient (Wildman–Crippen LogP) is 4.56. The Morgan fingerprint density at radius 2 is 1.54 bits per heavy atom. The predicted molar refractivity (Wildman–Crippen MR) is 108 cm³/mol. The molecule has 1 amide bonds. The van der Waals surface area contributed by atoms with E-state index in [4.69, 9.17) is 11.1 Å². The third-order valence-corrected chi connectivity index (χ3v) is 4.21. The number of nitrogens with one attached hydrogen (secondary N) is 2. The van der Waals surface area contributed by atoms with Crippen molar-refractivity contribution in [3.8, 4) is 0 Å². The first-order chi connectivity index (χ1) is 12.4. The zero-order valence-electron chi connectivity index (χ0n) is 14.8. The van der Waals surface area contributed by atoms with Crippen molar-refractivity contribution in [1.82, 2.24) is 0 Å². The molecule has 0 atom stereocenters. The summed E-state index contributed by atoms with van der Waals surface area (Å²) in [4.78, 5) is 11.2. The molecular formula is C22H21N3O. The van der Waals surface area contributed by atoms with E-state index in [1.54, 1.807) is 0 Å². The van der Waals surface area contributed by atoms with Crippen molar-refractivity contribution in [2.24, 2.45) is 0 Å². The standard InChI is InChI=1S/C22H21N3O/c1-14-13-18(7-12-21(14)24)22(16-3-8-19(23)9-4-16)17-5-10-20(11-6-17)25-15(2)26/h3-13,24H,23H2,1-2H3,(H,25,26)/b22-18+,24-21?. The Bertz CT molecular complexity index is 946. The van der Waals surface area contributed by atoms with E-state index in [9.17, 15) is 4.79 Å². The minimum Gasteiger partial charge on any atom is -0.399 e. The van der Waals surface area contributed by atoms with E-state index in [1.807, 2.05) is 73.7 Å². The number of nitrogens with two attached hydrogens (primary N) is 1. The van der Waals surface area contributed by atoms with Crippen LogP contribution in [0.2, 0.25) is 0 Å². The smallest absolute Gasteiger partial charge is 0.221 e.